The summed E-state index contributed by atoms with van der Waals surface area (Å²) in [6.45, 7) is 7.58. The van der Waals surface area contributed by atoms with Crippen molar-refractivity contribution in [3.05, 3.63) is 18.6 Å². The topological polar surface area (TPSA) is 45.5 Å². The van der Waals surface area contributed by atoms with Gasteiger partial charge in [0.15, 0.2) is 11.5 Å². The number of rotatable bonds is 5. The van der Waals surface area contributed by atoms with Gasteiger partial charge in [0.2, 0.25) is 0 Å². The van der Waals surface area contributed by atoms with Gasteiger partial charge in [0.05, 0.1) is 6.20 Å². The van der Waals surface area contributed by atoms with Crippen LogP contribution in [-0.2, 0) is 0 Å². The minimum absolute atomic E-state index is 0.874. The van der Waals surface area contributed by atoms with Gasteiger partial charge in [-0.15, -0.1) is 0 Å². The fourth-order valence-electron chi connectivity index (χ4n) is 3.02. The van der Waals surface area contributed by atoms with Crippen molar-refractivity contribution in [3.63, 3.8) is 0 Å². The van der Waals surface area contributed by atoms with E-state index in [1.807, 2.05) is 18.6 Å². The van der Waals surface area contributed by atoms with Gasteiger partial charge in [-0.2, -0.15) is 0 Å². The minimum atomic E-state index is 0.874. The minimum Gasteiger partial charge on any atom is -0.369 e. The molecule has 0 radical (unpaired) electrons. The lowest BCUT2D eigenvalue weighted by Gasteiger charge is -2.32. The van der Waals surface area contributed by atoms with E-state index >= 15 is 0 Å². The molecule has 1 fully saturated rings. The van der Waals surface area contributed by atoms with Crippen LogP contribution in [0.15, 0.2) is 18.6 Å². The van der Waals surface area contributed by atoms with Gasteiger partial charge in [0.1, 0.15) is 5.82 Å². The van der Waals surface area contributed by atoms with Gasteiger partial charge in [0, 0.05) is 32.0 Å². The van der Waals surface area contributed by atoms with Crippen molar-refractivity contribution in [2.45, 2.75) is 39.5 Å². The smallest absolute Gasteiger partial charge is 0.180 e. The molecule has 0 aliphatic carbocycles. The number of hydrogen-bond donors (Lipinski definition) is 1. The summed E-state index contributed by atoms with van der Waals surface area (Å²) in [5, 5.41) is 3.39. The van der Waals surface area contributed by atoms with Gasteiger partial charge in [-0.1, -0.05) is 20.3 Å². The molecule has 5 heteroatoms. The molecule has 5 nitrogen and oxygen atoms in total. The third-order valence-corrected chi connectivity index (χ3v) is 4.40. The zero-order valence-corrected chi connectivity index (χ0v) is 13.0. The normalized spacial score (nSPS) is 16.6. The molecule has 2 aromatic rings. The number of hydrogen-bond acceptors (Lipinski definition) is 4. The van der Waals surface area contributed by atoms with Crippen molar-refractivity contribution >= 4 is 17.3 Å². The molecule has 3 rings (SSSR count). The second kappa shape index (κ2) is 6.33. The number of nitrogens with zero attached hydrogens (tertiary/aromatic N) is 4. The van der Waals surface area contributed by atoms with E-state index in [0.29, 0.717) is 0 Å². The van der Waals surface area contributed by atoms with Crippen molar-refractivity contribution in [1.82, 2.24) is 14.4 Å². The molecule has 1 aliphatic rings. The fourth-order valence-corrected chi connectivity index (χ4v) is 3.02. The molecule has 1 N–H and O–H groups in total. The highest BCUT2D eigenvalue weighted by Gasteiger charge is 2.21. The molecule has 0 unspecified atom stereocenters. The van der Waals surface area contributed by atoms with Crippen LogP contribution >= 0.6 is 0 Å². The Morgan fingerprint density at radius 2 is 2.10 bits per heavy atom. The molecular formula is C16H25N5. The lowest BCUT2D eigenvalue weighted by atomic mass is 9.94. The molecule has 0 spiro atoms. The van der Waals surface area contributed by atoms with Crippen molar-refractivity contribution < 1.29 is 0 Å². The Kier molecular flexibility index (Phi) is 4.27. The molecule has 21 heavy (non-hydrogen) atoms. The molecular weight excluding hydrogens is 262 g/mol. The van der Waals surface area contributed by atoms with E-state index in [1.54, 1.807) is 0 Å². The van der Waals surface area contributed by atoms with Gasteiger partial charge in [-0.05, 0) is 25.2 Å². The van der Waals surface area contributed by atoms with Crippen LogP contribution in [0.2, 0.25) is 0 Å². The Labute approximate surface area is 126 Å². The summed E-state index contributed by atoms with van der Waals surface area (Å²) in [4.78, 5) is 11.7. The first kappa shape index (κ1) is 14.2. The number of imidazole rings is 1. The van der Waals surface area contributed by atoms with Crippen LogP contribution in [-0.4, -0.2) is 34.0 Å². The highest BCUT2D eigenvalue weighted by Crippen LogP contribution is 2.27. The van der Waals surface area contributed by atoms with Crippen LogP contribution in [0.25, 0.3) is 5.65 Å². The largest absolute Gasteiger partial charge is 0.369 e. The SMILES string of the molecule is CCCNc1cn2ccnc2c(N2CCC(CC)CC2)n1. The van der Waals surface area contributed by atoms with Crippen LogP contribution in [0.5, 0.6) is 0 Å². The zero-order chi connectivity index (χ0) is 14.7. The van der Waals surface area contributed by atoms with Crippen molar-refractivity contribution in [1.29, 1.82) is 0 Å². The predicted octanol–water partition coefficient (Wildman–Crippen LogP) is 3.18. The average Bonchev–Trinajstić information content (AvgIpc) is 3.00. The number of piperidine rings is 1. The third-order valence-electron chi connectivity index (χ3n) is 4.40. The first-order chi connectivity index (χ1) is 10.3. The van der Waals surface area contributed by atoms with E-state index in [1.165, 1.54) is 19.3 Å². The number of anilines is 2. The Balaban J connectivity index is 1.87. The molecule has 1 saturated heterocycles. The molecule has 1 aliphatic heterocycles. The third kappa shape index (κ3) is 2.96. The first-order valence-electron chi connectivity index (χ1n) is 8.14. The molecule has 114 valence electrons. The standard InChI is InChI=1S/C16H25N5/c1-3-7-17-14-12-21-11-8-18-15(21)16(19-14)20-9-5-13(4-2)6-10-20/h8,11-13,17H,3-7,9-10H2,1-2H3. The van der Waals surface area contributed by atoms with E-state index in [0.717, 1.165) is 49.3 Å². The maximum Gasteiger partial charge on any atom is 0.180 e. The van der Waals surface area contributed by atoms with E-state index in [9.17, 15) is 0 Å². The second-order valence-corrected chi connectivity index (χ2v) is 5.87. The summed E-state index contributed by atoms with van der Waals surface area (Å²) in [6, 6.07) is 0. The number of nitrogens with one attached hydrogen (secondary N) is 1. The van der Waals surface area contributed by atoms with Gasteiger partial charge < -0.3 is 14.6 Å². The molecule has 3 heterocycles. The highest BCUT2D eigenvalue weighted by atomic mass is 15.2. The Hall–Kier alpha value is -1.78. The highest BCUT2D eigenvalue weighted by molar-refractivity contribution is 5.67. The van der Waals surface area contributed by atoms with Crippen LogP contribution < -0.4 is 10.2 Å². The maximum absolute atomic E-state index is 4.82. The monoisotopic (exact) mass is 287 g/mol. The molecule has 0 aromatic carbocycles. The first-order valence-corrected chi connectivity index (χ1v) is 8.14. The van der Waals surface area contributed by atoms with Crippen LogP contribution in [0.4, 0.5) is 11.6 Å². The van der Waals surface area contributed by atoms with E-state index in [2.05, 4.69) is 33.4 Å². The summed E-state index contributed by atoms with van der Waals surface area (Å²) >= 11 is 0. The number of aromatic nitrogens is 3. The molecule has 0 amide bonds. The van der Waals surface area contributed by atoms with E-state index in [-0.39, 0.29) is 0 Å². The van der Waals surface area contributed by atoms with E-state index < -0.39 is 0 Å². The van der Waals surface area contributed by atoms with Gasteiger partial charge in [-0.3, -0.25) is 0 Å². The van der Waals surface area contributed by atoms with Crippen LogP contribution in [0.3, 0.4) is 0 Å². The van der Waals surface area contributed by atoms with Crippen molar-refractivity contribution in [2.24, 2.45) is 5.92 Å². The number of fused-ring (bicyclic) bond motifs is 1. The quantitative estimate of drug-likeness (QED) is 0.917. The molecule has 0 saturated carbocycles. The van der Waals surface area contributed by atoms with Gasteiger partial charge >= 0.3 is 0 Å². The molecule has 0 atom stereocenters. The average molecular weight is 287 g/mol. The van der Waals surface area contributed by atoms with Crippen LogP contribution in [0, 0.1) is 5.92 Å². The molecule has 0 bridgehead atoms. The van der Waals surface area contributed by atoms with Gasteiger partial charge in [-0.25, -0.2) is 9.97 Å². The Morgan fingerprint density at radius 1 is 1.29 bits per heavy atom. The van der Waals surface area contributed by atoms with Crippen molar-refractivity contribution in [3.8, 4) is 0 Å². The van der Waals surface area contributed by atoms with Crippen LogP contribution in [0.1, 0.15) is 39.5 Å². The predicted molar refractivity (Wildman–Crippen MR) is 87.0 cm³/mol. The maximum atomic E-state index is 4.82. The van der Waals surface area contributed by atoms with Gasteiger partial charge in [0.25, 0.3) is 0 Å². The second-order valence-electron chi connectivity index (χ2n) is 5.87. The zero-order valence-electron chi connectivity index (χ0n) is 13.0. The van der Waals surface area contributed by atoms with E-state index in [4.69, 9.17) is 4.98 Å². The Morgan fingerprint density at radius 3 is 2.81 bits per heavy atom. The van der Waals surface area contributed by atoms with Crippen molar-refractivity contribution in [2.75, 3.05) is 29.9 Å². The summed E-state index contributed by atoms with van der Waals surface area (Å²) in [5.41, 5.74) is 0.965. The molecule has 2 aromatic heterocycles. The summed E-state index contributed by atoms with van der Waals surface area (Å²) in [6.07, 6.45) is 10.8. The summed E-state index contributed by atoms with van der Waals surface area (Å²) < 4.78 is 2.08. The Bertz CT molecular complexity index is 583. The lowest BCUT2D eigenvalue weighted by molar-refractivity contribution is 0.394. The fraction of sp³-hybridized carbons (Fsp3) is 0.625. The lowest BCUT2D eigenvalue weighted by Crippen LogP contribution is -2.34. The summed E-state index contributed by atoms with van der Waals surface area (Å²) in [7, 11) is 0. The summed E-state index contributed by atoms with van der Waals surface area (Å²) in [5.74, 6) is 2.84.